The lowest BCUT2D eigenvalue weighted by atomic mass is 9.97. The molecule has 190 valence electrons. The first-order valence-corrected chi connectivity index (χ1v) is 12.6. The largest absolute Gasteiger partial charge is 0.497 e. The average molecular weight is 498 g/mol. The molecule has 0 saturated heterocycles. The van der Waals surface area contributed by atoms with Gasteiger partial charge in [0.25, 0.3) is 5.91 Å². The van der Waals surface area contributed by atoms with Gasteiger partial charge in [0.05, 0.1) is 30.7 Å². The molecule has 0 N–H and O–H groups in total. The van der Waals surface area contributed by atoms with Crippen molar-refractivity contribution in [3.8, 4) is 11.5 Å². The number of nitrogens with zero attached hydrogens (tertiary/aromatic N) is 1. The third-order valence-corrected chi connectivity index (χ3v) is 6.77. The molecule has 6 heteroatoms. The lowest BCUT2D eigenvalue weighted by molar-refractivity contribution is 0.0714. The quantitative estimate of drug-likeness (QED) is 0.287. The number of methoxy groups -OCH3 is 1. The Hall–Kier alpha value is -4.06. The number of hydrogen-bond acceptors (Lipinski definition) is 5. The molecule has 0 radical (unpaired) electrons. The van der Waals surface area contributed by atoms with Crippen LogP contribution in [0.15, 0.2) is 75.9 Å². The van der Waals surface area contributed by atoms with E-state index in [-0.39, 0.29) is 17.1 Å². The Morgan fingerprint density at radius 2 is 1.76 bits per heavy atom. The van der Waals surface area contributed by atoms with E-state index in [0.29, 0.717) is 41.4 Å². The Bertz CT molecular complexity index is 1500. The third-order valence-electron chi connectivity index (χ3n) is 6.77. The van der Waals surface area contributed by atoms with Crippen LogP contribution in [0.1, 0.15) is 59.1 Å². The smallest absolute Gasteiger partial charge is 0.291 e. The zero-order valence-corrected chi connectivity index (χ0v) is 21.6. The number of carbonyl (C=O) groups is 1. The first-order chi connectivity index (χ1) is 17.9. The fourth-order valence-corrected chi connectivity index (χ4v) is 4.76. The Kier molecular flexibility index (Phi) is 6.74. The molecule has 1 aliphatic rings. The van der Waals surface area contributed by atoms with E-state index in [9.17, 15) is 9.59 Å². The summed E-state index contributed by atoms with van der Waals surface area (Å²) < 4.78 is 17.4. The third kappa shape index (κ3) is 4.84. The highest BCUT2D eigenvalue weighted by Gasteiger charge is 2.42. The topological polar surface area (TPSA) is 69.0 Å². The molecule has 2 heterocycles. The highest BCUT2D eigenvalue weighted by molar-refractivity contribution is 5.99. The van der Waals surface area contributed by atoms with E-state index < -0.39 is 6.04 Å². The summed E-state index contributed by atoms with van der Waals surface area (Å²) in [7, 11) is 1.62. The molecule has 0 fully saturated rings. The lowest BCUT2D eigenvalue weighted by Crippen LogP contribution is -2.29. The normalized spacial score (nSPS) is 14.9. The minimum Gasteiger partial charge on any atom is -0.497 e. The van der Waals surface area contributed by atoms with Crippen molar-refractivity contribution in [1.29, 1.82) is 0 Å². The van der Waals surface area contributed by atoms with Crippen LogP contribution in [-0.4, -0.2) is 24.5 Å². The van der Waals surface area contributed by atoms with E-state index in [1.165, 1.54) is 0 Å². The first kappa shape index (κ1) is 24.6. The lowest BCUT2D eigenvalue weighted by Gasteiger charge is -2.25. The number of hydrogen-bond donors (Lipinski definition) is 0. The van der Waals surface area contributed by atoms with Crippen LogP contribution < -0.4 is 14.9 Å². The van der Waals surface area contributed by atoms with Crippen LogP contribution >= 0.6 is 0 Å². The van der Waals surface area contributed by atoms with Gasteiger partial charge in [-0.2, -0.15) is 0 Å². The summed E-state index contributed by atoms with van der Waals surface area (Å²) in [4.78, 5) is 29.3. The van der Waals surface area contributed by atoms with E-state index in [1.807, 2.05) is 67.6 Å². The number of ether oxygens (including phenoxy) is 2. The van der Waals surface area contributed by atoms with Gasteiger partial charge in [-0.25, -0.2) is 0 Å². The number of rotatable bonds is 8. The zero-order chi connectivity index (χ0) is 26.1. The van der Waals surface area contributed by atoms with Gasteiger partial charge in [-0.15, -0.1) is 0 Å². The minimum absolute atomic E-state index is 0.103. The highest BCUT2D eigenvalue weighted by atomic mass is 16.5. The van der Waals surface area contributed by atoms with Crippen molar-refractivity contribution in [3.63, 3.8) is 0 Å². The summed E-state index contributed by atoms with van der Waals surface area (Å²) in [5.74, 6) is 1.78. The van der Waals surface area contributed by atoms with Crippen LogP contribution in [0.4, 0.5) is 0 Å². The van der Waals surface area contributed by atoms with Gasteiger partial charge in [0.15, 0.2) is 5.43 Å². The monoisotopic (exact) mass is 497 g/mol. The Labute approximate surface area is 216 Å². The summed E-state index contributed by atoms with van der Waals surface area (Å²) in [6.45, 7) is 7.16. The molecular formula is C31H31NO5. The van der Waals surface area contributed by atoms with Crippen molar-refractivity contribution in [2.24, 2.45) is 5.92 Å². The molecule has 1 amide bonds. The molecule has 37 heavy (non-hydrogen) atoms. The van der Waals surface area contributed by atoms with Gasteiger partial charge in [0, 0.05) is 6.54 Å². The molecule has 0 spiro atoms. The van der Waals surface area contributed by atoms with E-state index in [0.717, 1.165) is 28.9 Å². The Balaban J connectivity index is 1.61. The van der Waals surface area contributed by atoms with Gasteiger partial charge in [0.2, 0.25) is 5.76 Å². The molecule has 0 saturated carbocycles. The molecule has 6 nitrogen and oxygen atoms in total. The van der Waals surface area contributed by atoms with Crippen molar-refractivity contribution < 1.29 is 18.7 Å². The maximum absolute atomic E-state index is 13.8. The maximum atomic E-state index is 13.8. The van der Waals surface area contributed by atoms with E-state index in [1.54, 1.807) is 18.1 Å². The van der Waals surface area contributed by atoms with Crippen LogP contribution in [0, 0.1) is 12.8 Å². The molecule has 3 aromatic carbocycles. The summed E-state index contributed by atoms with van der Waals surface area (Å²) in [5, 5.41) is 0.479. The van der Waals surface area contributed by atoms with Crippen LogP contribution in [0.2, 0.25) is 0 Å². The zero-order valence-electron chi connectivity index (χ0n) is 21.6. The summed E-state index contributed by atoms with van der Waals surface area (Å²) in [6.07, 6.45) is 0.938. The van der Waals surface area contributed by atoms with Crippen molar-refractivity contribution in [2.45, 2.75) is 39.8 Å². The molecule has 0 bridgehead atoms. The van der Waals surface area contributed by atoms with Crippen molar-refractivity contribution in [3.05, 3.63) is 105 Å². The molecule has 5 rings (SSSR count). The fraction of sp³-hybridized carbons (Fsp3) is 0.290. The second-order valence-corrected chi connectivity index (χ2v) is 9.96. The van der Waals surface area contributed by atoms with Crippen LogP contribution in [0.3, 0.4) is 0 Å². The summed E-state index contributed by atoms with van der Waals surface area (Å²) in [6, 6.07) is 20.1. The van der Waals surface area contributed by atoms with E-state index in [4.69, 9.17) is 13.9 Å². The molecule has 1 unspecified atom stereocenters. The predicted molar refractivity (Wildman–Crippen MR) is 143 cm³/mol. The average Bonchev–Trinajstić information content (AvgIpc) is 3.16. The number of aryl methyl sites for hydroxylation is 1. The van der Waals surface area contributed by atoms with Gasteiger partial charge >= 0.3 is 0 Å². The number of amides is 1. The number of benzene rings is 3. The number of carbonyl (C=O) groups excluding carboxylic acids is 1. The molecule has 1 aromatic heterocycles. The molecule has 0 aliphatic carbocycles. The molecule has 1 atom stereocenters. The highest BCUT2D eigenvalue weighted by Crippen LogP contribution is 2.40. The summed E-state index contributed by atoms with van der Waals surface area (Å²) >= 11 is 0. The van der Waals surface area contributed by atoms with Crippen molar-refractivity contribution >= 4 is 16.9 Å². The van der Waals surface area contributed by atoms with Crippen LogP contribution in [-0.2, 0) is 6.54 Å². The predicted octanol–water partition coefficient (Wildman–Crippen LogP) is 6.28. The van der Waals surface area contributed by atoms with E-state index >= 15 is 0 Å². The SMILES string of the molecule is COc1ccc(CN2C(=O)c3oc4ccc(C)cc4c(=O)c3C2c2cccc(OCCC(C)C)c2)cc1. The van der Waals surface area contributed by atoms with Gasteiger partial charge in [0.1, 0.15) is 17.1 Å². The Morgan fingerprint density at radius 3 is 2.49 bits per heavy atom. The van der Waals surface area contributed by atoms with Gasteiger partial charge < -0.3 is 18.8 Å². The van der Waals surface area contributed by atoms with Gasteiger partial charge in [-0.1, -0.05) is 49.7 Å². The first-order valence-electron chi connectivity index (χ1n) is 12.6. The Morgan fingerprint density at radius 1 is 0.973 bits per heavy atom. The standard InChI is InChI=1S/C31H31NO5/c1-19(2)14-15-36-24-7-5-6-22(17-24)28-27-29(33)25-16-20(3)8-13-26(25)37-30(27)31(34)32(28)18-21-9-11-23(35-4)12-10-21/h5-13,16-17,19,28H,14-15,18H2,1-4H3. The fourth-order valence-electron chi connectivity index (χ4n) is 4.76. The molecule has 4 aromatic rings. The van der Waals surface area contributed by atoms with Gasteiger partial charge in [-0.3, -0.25) is 9.59 Å². The second kappa shape index (κ2) is 10.1. The molecule has 1 aliphatic heterocycles. The van der Waals surface area contributed by atoms with E-state index in [2.05, 4.69) is 13.8 Å². The maximum Gasteiger partial charge on any atom is 0.291 e. The number of fused-ring (bicyclic) bond motifs is 2. The van der Waals surface area contributed by atoms with Gasteiger partial charge in [-0.05, 0) is 66.8 Å². The second-order valence-electron chi connectivity index (χ2n) is 9.96. The van der Waals surface area contributed by atoms with Crippen LogP contribution in [0.5, 0.6) is 11.5 Å². The summed E-state index contributed by atoms with van der Waals surface area (Å²) in [5.41, 5.74) is 3.29. The van der Waals surface area contributed by atoms with Crippen LogP contribution in [0.25, 0.3) is 11.0 Å². The van der Waals surface area contributed by atoms with Crippen molar-refractivity contribution in [2.75, 3.05) is 13.7 Å². The van der Waals surface area contributed by atoms with Crippen molar-refractivity contribution in [1.82, 2.24) is 4.90 Å². The minimum atomic E-state index is -0.598. The molecular weight excluding hydrogens is 466 g/mol.